The van der Waals surface area contributed by atoms with Crippen LogP contribution in [0.15, 0.2) is 24.5 Å². The molecule has 17 heavy (non-hydrogen) atoms. The van der Waals surface area contributed by atoms with Gasteiger partial charge in [-0.25, -0.2) is 4.98 Å². The maximum Gasteiger partial charge on any atom is 0.147 e. The van der Waals surface area contributed by atoms with Crippen LogP contribution in [0.2, 0.25) is 0 Å². The first kappa shape index (κ1) is 10.6. The molecule has 0 spiro atoms. The van der Waals surface area contributed by atoms with Crippen molar-refractivity contribution in [3.8, 4) is 5.75 Å². The number of hydrogen-bond donors (Lipinski definition) is 1. The summed E-state index contributed by atoms with van der Waals surface area (Å²) < 4.78 is 8.06. The normalized spacial score (nSPS) is 20.6. The van der Waals surface area contributed by atoms with Gasteiger partial charge < -0.3 is 14.6 Å². The minimum atomic E-state index is 0.274. The molecule has 1 aliphatic rings. The van der Waals surface area contributed by atoms with E-state index in [-0.39, 0.29) is 6.10 Å². The Labute approximate surface area is 101 Å². The standard InChI is InChI=1S/C13H17N3O/c1-16-9-15-13-11(16)5-2-6-12(13)17-10-4-3-7-14-8-10/h2,5-6,9-10,14H,3-4,7-8H2,1H3. The molecule has 0 amide bonds. The highest BCUT2D eigenvalue weighted by Gasteiger charge is 2.16. The molecule has 0 radical (unpaired) electrons. The predicted molar refractivity (Wildman–Crippen MR) is 67.2 cm³/mol. The summed E-state index contributed by atoms with van der Waals surface area (Å²) in [6.07, 6.45) is 4.41. The molecule has 1 N–H and O–H groups in total. The number of nitrogens with one attached hydrogen (secondary N) is 1. The van der Waals surface area contributed by atoms with Crippen LogP contribution in [0, 0.1) is 0 Å². The van der Waals surface area contributed by atoms with E-state index in [1.807, 2.05) is 30.1 Å². The van der Waals surface area contributed by atoms with Crippen molar-refractivity contribution in [3.63, 3.8) is 0 Å². The van der Waals surface area contributed by atoms with Crippen molar-refractivity contribution in [2.75, 3.05) is 13.1 Å². The van der Waals surface area contributed by atoms with E-state index in [0.717, 1.165) is 36.3 Å². The van der Waals surface area contributed by atoms with Crippen LogP contribution in [0.3, 0.4) is 0 Å². The number of imidazole rings is 1. The summed E-state index contributed by atoms with van der Waals surface area (Å²) in [5, 5.41) is 3.36. The lowest BCUT2D eigenvalue weighted by atomic mass is 10.1. The molecule has 4 heteroatoms. The highest BCUT2D eigenvalue weighted by Crippen LogP contribution is 2.25. The molecular formula is C13H17N3O. The largest absolute Gasteiger partial charge is 0.487 e. The molecule has 0 saturated carbocycles. The van der Waals surface area contributed by atoms with E-state index in [1.165, 1.54) is 6.42 Å². The Morgan fingerprint density at radius 2 is 2.41 bits per heavy atom. The average Bonchev–Trinajstić information content (AvgIpc) is 2.74. The van der Waals surface area contributed by atoms with Crippen molar-refractivity contribution in [1.29, 1.82) is 0 Å². The van der Waals surface area contributed by atoms with E-state index in [4.69, 9.17) is 4.74 Å². The molecule has 1 aromatic carbocycles. The van der Waals surface area contributed by atoms with Gasteiger partial charge in [0.2, 0.25) is 0 Å². The lowest BCUT2D eigenvalue weighted by Gasteiger charge is -2.24. The summed E-state index contributed by atoms with van der Waals surface area (Å²) in [6.45, 7) is 2.04. The number of para-hydroxylation sites is 1. The average molecular weight is 231 g/mol. The zero-order valence-corrected chi connectivity index (χ0v) is 10.0. The first-order valence-electron chi connectivity index (χ1n) is 6.12. The number of rotatable bonds is 2. The van der Waals surface area contributed by atoms with Gasteiger partial charge in [-0.2, -0.15) is 0 Å². The Morgan fingerprint density at radius 1 is 1.47 bits per heavy atom. The van der Waals surface area contributed by atoms with E-state index in [9.17, 15) is 0 Å². The highest BCUT2D eigenvalue weighted by atomic mass is 16.5. The Bertz CT molecular complexity index is 514. The Hall–Kier alpha value is -1.55. The minimum absolute atomic E-state index is 0.274. The van der Waals surface area contributed by atoms with Crippen LogP contribution in [-0.4, -0.2) is 28.7 Å². The summed E-state index contributed by atoms with van der Waals surface area (Å²) in [5.74, 6) is 0.900. The molecule has 1 atom stereocenters. The Kier molecular flexibility index (Phi) is 2.73. The van der Waals surface area contributed by atoms with Gasteiger partial charge in [0, 0.05) is 13.6 Å². The molecule has 4 nitrogen and oxygen atoms in total. The fraction of sp³-hybridized carbons (Fsp3) is 0.462. The second-order valence-electron chi connectivity index (χ2n) is 4.57. The van der Waals surface area contributed by atoms with Crippen molar-refractivity contribution in [2.24, 2.45) is 7.05 Å². The zero-order valence-electron chi connectivity index (χ0n) is 10.0. The molecule has 90 valence electrons. The molecule has 1 aromatic heterocycles. The van der Waals surface area contributed by atoms with Crippen LogP contribution in [-0.2, 0) is 7.05 Å². The molecular weight excluding hydrogens is 214 g/mol. The third-order valence-electron chi connectivity index (χ3n) is 3.26. The predicted octanol–water partition coefficient (Wildman–Crippen LogP) is 1.70. The Balaban J connectivity index is 1.89. The molecule has 1 aliphatic heterocycles. The summed E-state index contributed by atoms with van der Waals surface area (Å²) in [4.78, 5) is 4.40. The van der Waals surface area contributed by atoms with Crippen molar-refractivity contribution in [3.05, 3.63) is 24.5 Å². The number of ether oxygens (including phenoxy) is 1. The van der Waals surface area contributed by atoms with Crippen LogP contribution in [0.1, 0.15) is 12.8 Å². The minimum Gasteiger partial charge on any atom is -0.487 e. The van der Waals surface area contributed by atoms with Gasteiger partial charge in [0.25, 0.3) is 0 Å². The molecule has 2 aromatic rings. The summed E-state index contributed by atoms with van der Waals surface area (Å²) in [7, 11) is 2.00. The maximum atomic E-state index is 6.04. The third-order valence-corrected chi connectivity index (χ3v) is 3.26. The van der Waals surface area contributed by atoms with Crippen LogP contribution in [0.25, 0.3) is 11.0 Å². The van der Waals surface area contributed by atoms with Gasteiger partial charge in [-0.1, -0.05) is 6.07 Å². The van der Waals surface area contributed by atoms with Gasteiger partial charge in [0.15, 0.2) is 0 Å². The summed E-state index contributed by atoms with van der Waals surface area (Å²) in [5.41, 5.74) is 2.08. The van der Waals surface area contributed by atoms with Gasteiger partial charge in [0.1, 0.15) is 17.4 Å². The molecule has 2 heterocycles. The number of benzene rings is 1. The van der Waals surface area contributed by atoms with Crippen LogP contribution >= 0.6 is 0 Å². The van der Waals surface area contributed by atoms with Crippen LogP contribution < -0.4 is 10.1 Å². The Morgan fingerprint density at radius 3 is 3.24 bits per heavy atom. The molecule has 1 fully saturated rings. The van der Waals surface area contributed by atoms with Gasteiger partial charge >= 0.3 is 0 Å². The lowest BCUT2D eigenvalue weighted by molar-refractivity contribution is 0.169. The third kappa shape index (κ3) is 2.00. The number of aromatic nitrogens is 2. The topological polar surface area (TPSA) is 39.1 Å². The van der Waals surface area contributed by atoms with Gasteiger partial charge in [-0.05, 0) is 31.5 Å². The molecule has 1 unspecified atom stereocenters. The van der Waals surface area contributed by atoms with Gasteiger partial charge in [-0.3, -0.25) is 0 Å². The molecule has 0 bridgehead atoms. The molecule has 0 aliphatic carbocycles. The summed E-state index contributed by atoms with van der Waals surface area (Å²) >= 11 is 0. The second-order valence-corrected chi connectivity index (χ2v) is 4.57. The van der Waals surface area contributed by atoms with Crippen molar-refractivity contribution >= 4 is 11.0 Å². The highest BCUT2D eigenvalue weighted by molar-refractivity contribution is 5.81. The van der Waals surface area contributed by atoms with Gasteiger partial charge in [0.05, 0.1) is 11.8 Å². The fourth-order valence-electron chi connectivity index (χ4n) is 2.33. The van der Waals surface area contributed by atoms with Crippen molar-refractivity contribution < 1.29 is 4.74 Å². The van der Waals surface area contributed by atoms with Crippen molar-refractivity contribution in [2.45, 2.75) is 18.9 Å². The number of hydrogen-bond acceptors (Lipinski definition) is 3. The van der Waals surface area contributed by atoms with E-state index >= 15 is 0 Å². The number of nitrogens with zero attached hydrogens (tertiary/aromatic N) is 2. The monoisotopic (exact) mass is 231 g/mol. The number of aryl methyl sites for hydroxylation is 1. The van der Waals surface area contributed by atoms with Crippen LogP contribution in [0.5, 0.6) is 5.75 Å². The fourth-order valence-corrected chi connectivity index (χ4v) is 2.33. The number of piperidine rings is 1. The smallest absolute Gasteiger partial charge is 0.147 e. The SMILES string of the molecule is Cn1cnc2c(OC3CCCNC3)cccc21. The quantitative estimate of drug-likeness (QED) is 0.855. The maximum absolute atomic E-state index is 6.04. The van der Waals surface area contributed by atoms with E-state index in [1.54, 1.807) is 0 Å². The molecule has 3 rings (SSSR count). The van der Waals surface area contributed by atoms with Crippen molar-refractivity contribution in [1.82, 2.24) is 14.9 Å². The second kappa shape index (κ2) is 4.37. The van der Waals surface area contributed by atoms with Gasteiger partial charge in [-0.15, -0.1) is 0 Å². The van der Waals surface area contributed by atoms with E-state index < -0.39 is 0 Å². The number of fused-ring (bicyclic) bond motifs is 1. The van der Waals surface area contributed by atoms with E-state index in [0.29, 0.717) is 0 Å². The van der Waals surface area contributed by atoms with E-state index in [2.05, 4.69) is 16.4 Å². The summed E-state index contributed by atoms with van der Waals surface area (Å²) in [6, 6.07) is 6.09. The van der Waals surface area contributed by atoms with Crippen LogP contribution in [0.4, 0.5) is 0 Å². The zero-order chi connectivity index (χ0) is 11.7. The first-order chi connectivity index (χ1) is 8.34. The molecule has 1 saturated heterocycles. The first-order valence-corrected chi connectivity index (χ1v) is 6.12. The lowest BCUT2D eigenvalue weighted by Crippen LogP contribution is -2.37.